The summed E-state index contributed by atoms with van der Waals surface area (Å²) in [5.41, 5.74) is 2.91. The third-order valence-electron chi connectivity index (χ3n) is 6.83. The molecule has 1 aromatic carbocycles. The first-order valence-corrected chi connectivity index (χ1v) is 17.9. The van der Waals surface area contributed by atoms with E-state index < -0.39 is 0 Å². The first kappa shape index (κ1) is 34.7. The van der Waals surface area contributed by atoms with E-state index in [0.717, 1.165) is 51.5 Å². The highest BCUT2D eigenvalue weighted by Gasteiger charge is 2.15. The highest BCUT2D eigenvalue weighted by molar-refractivity contribution is 7.99. The molecule has 0 aliphatic rings. The summed E-state index contributed by atoms with van der Waals surface area (Å²) in [4.78, 5) is 14.4. The topological polar surface area (TPSA) is 70.9 Å². The maximum absolute atomic E-state index is 11.0. The van der Waals surface area contributed by atoms with E-state index in [1.165, 1.54) is 77.0 Å². The van der Waals surface area contributed by atoms with Gasteiger partial charge in [0.05, 0.1) is 0 Å². The Hall–Kier alpha value is -1.47. The SMILES string of the molecule is CCCCCCCCSc1nc(Nc2cc(CC(C)C)c(O)c(CC(C)C)c2)nc(SCCCCCCCC)n1. The molecule has 0 aliphatic carbocycles. The molecule has 2 N–H and O–H groups in total. The molecule has 1 aromatic heterocycles. The molecule has 40 heavy (non-hydrogen) atoms. The predicted octanol–water partition coefficient (Wildman–Crippen LogP) is 10.6. The highest BCUT2D eigenvalue weighted by Crippen LogP contribution is 2.32. The van der Waals surface area contributed by atoms with Crippen molar-refractivity contribution in [1.82, 2.24) is 15.0 Å². The first-order chi connectivity index (χ1) is 19.3. The van der Waals surface area contributed by atoms with Gasteiger partial charge in [0.1, 0.15) is 5.75 Å². The van der Waals surface area contributed by atoms with Crippen LogP contribution in [-0.2, 0) is 12.8 Å². The second-order valence-corrected chi connectivity index (χ2v) is 14.0. The van der Waals surface area contributed by atoms with Gasteiger partial charge in [-0.1, -0.05) is 129 Å². The lowest BCUT2D eigenvalue weighted by Gasteiger charge is -2.16. The van der Waals surface area contributed by atoms with Gasteiger partial charge in [-0.3, -0.25) is 0 Å². The fourth-order valence-corrected chi connectivity index (χ4v) is 6.49. The monoisotopic (exact) mass is 588 g/mol. The summed E-state index contributed by atoms with van der Waals surface area (Å²) in [6.45, 7) is 13.3. The molecule has 0 unspecified atom stereocenters. The summed E-state index contributed by atoms with van der Waals surface area (Å²) in [6.07, 6.45) is 17.2. The molecule has 0 aliphatic heterocycles. The summed E-state index contributed by atoms with van der Waals surface area (Å²) in [5.74, 6) is 4.03. The Labute approximate surface area is 253 Å². The van der Waals surface area contributed by atoms with Crippen molar-refractivity contribution in [3.63, 3.8) is 0 Å². The lowest BCUT2D eigenvalue weighted by atomic mass is 9.94. The number of benzene rings is 1. The largest absolute Gasteiger partial charge is 0.507 e. The van der Waals surface area contributed by atoms with Crippen molar-refractivity contribution >= 4 is 35.2 Å². The predicted molar refractivity (Wildman–Crippen MR) is 177 cm³/mol. The average Bonchev–Trinajstić information content (AvgIpc) is 2.89. The van der Waals surface area contributed by atoms with Gasteiger partial charge in [0.15, 0.2) is 10.3 Å². The molecule has 7 heteroatoms. The van der Waals surface area contributed by atoms with E-state index in [1.807, 2.05) is 0 Å². The number of anilines is 2. The Bertz CT molecular complexity index is 900. The number of nitrogens with one attached hydrogen (secondary N) is 1. The van der Waals surface area contributed by atoms with Gasteiger partial charge in [0.25, 0.3) is 0 Å². The van der Waals surface area contributed by atoms with Crippen LogP contribution in [0.25, 0.3) is 0 Å². The molecule has 0 saturated carbocycles. The summed E-state index contributed by atoms with van der Waals surface area (Å²) in [5, 5.41) is 16.1. The van der Waals surface area contributed by atoms with E-state index in [9.17, 15) is 5.11 Å². The van der Waals surface area contributed by atoms with Gasteiger partial charge in [-0.2, -0.15) is 15.0 Å². The van der Waals surface area contributed by atoms with Crippen LogP contribution in [0.3, 0.4) is 0 Å². The van der Waals surface area contributed by atoms with E-state index in [2.05, 4.69) is 59.0 Å². The smallest absolute Gasteiger partial charge is 0.232 e. The number of unbranched alkanes of at least 4 members (excludes halogenated alkanes) is 10. The van der Waals surface area contributed by atoms with E-state index in [-0.39, 0.29) is 0 Å². The van der Waals surface area contributed by atoms with E-state index in [4.69, 9.17) is 15.0 Å². The molecular formula is C33H56N4OS2. The summed E-state index contributed by atoms with van der Waals surface area (Å²) < 4.78 is 0. The van der Waals surface area contributed by atoms with Gasteiger partial charge >= 0.3 is 0 Å². The van der Waals surface area contributed by atoms with Crippen LogP contribution in [0.1, 0.15) is 130 Å². The van der Waals surface area contributed by atoms with Gasteiger partial charge in [-0.05, 0) is 60.8 Å². The number of phenolic OH excluding ortho intramolecular Hbond substituents is 1. The zero-order valence-electron chi connectivity index (χ0n) is 26.2. The van der Waals surface area contributed by atoms with Crippen molar-refractivity contribution in [3.8, 4) is 5.75 Å². The van der Waals surface area contributed by atoms with Gasteiger partial charge < -0.3 is 10.4 Å². The maximum atomic E-state index is 11.0. The number of hydrogen-bond acceptors (Lipinski definition) is 7. The van der Waals surface area contributed by atoms with Gasteiger partial charge in [0.2, 0.25) is 5.95 Å². The normalized spacial score (nSPS) is 11.6. The minimum absolute atomic E-state index is 0.439. The molecule has 226 valence electrons. The number of aromatic hydroxyl groups is 1. The Kier molecular flexibility index (Phi) is 17.7. The average molecular weight is 589 g/mol. The molecule has 0 saturated heterocycles. The molecular weight excluding hydrogens is 533 g/mol. The van der Waals surface area contributed by atoms with Crippen molar-refractivity contribution in [2.24, 2.45) is 11.8 Å². The third-order valence-corrected chi connectivity index (χ3v) is 8.70. The Morgan fingerprint density at radius 1 is 0.650 bits per heavy atom. The Balaban J connectivity index is 2.16. The second-order valence-electron chi connectivity index (χ2n) is 11.9. The molecule has 2 aromatic rings. The van der Waals surface area contributed by atoms with Crippen molar-refractivity contribution in [2.45, 2.75) is 142 Å². The van der Waals surface area contributed by atoms with Gasteiger partial charge in [-0.25, -0.2) is 0 Å². The van der Waals surface area contributed by atoms with Crippen LogP contribution in [0.5, 0.6) is 5.75 Å². The van der Waals surface area contributed by atoms with Crippen LogP contribution in [-0.4, -0.2) is 31.6 Å². The van der Waals surface area contributed by atoms with E-state index >= 15 is 0 Å². The number of thioether (sulfide) groups is 2. The van der Waals surface area contributed by atoms with Crippen LogP contribution in [0.4, 0.5) is 11.6 Å². The van der Waals surface area contributed by atoms with Crippen molar-refractivity contribution < 1.29 is 5.11 Å². The highest BCUT2D eigenvalue weighted by atomic mass is 32.2. The lowest BCUT2D eigenvalue weighted by molar-refractivity contribution is 0.450. The van der Waals surface area contributed by atoms with Gasteiger partial charge in [0, 0.05) is 17.2 Å². The molecule has 0 bridgehead atoms. The third kappa shape index (κ3) is 14.4. The molecule has 5 nitrogen and oxygen atoms in total. The number of phenols is 1. The van der Waals surface area contributed by atoms with Crippen molar-refractivity contribution in [2.75, 3.05) is 16.8 Å². The van der Waals surface area contributed by atoms with Crippen LogP contribution in [0, 0.1) is 11.8 Å². The Morgan fingerprint density at radius 2 is 1.07 bits per heavy atom. The molecule has 0 fully saturated rings. The molecule has 0 radical (unpaired) electrons. The van der Waals surface area contributed by atoms with Crippen molar-refractivity contribution in [3.05, 3.63) is 23.3 Å². The second kappa shape index (κ2) is 20.4. The van der Waals surface area contributed by atoms with E-state index in [1.54, 1.807) is 23.5 Å². The van der Waals surface area contributed by atoms with Crippen molar-refractivity contribution in [1.29, 1.82) is 0 Å². The fourth-order valence-electron chi connectivity index (χ4n) is 4.77. The number of nitrogens with zero attached hydrogens (tertiary/aromatic N) is 3. The fraction of sp³-hybridized carbons (Fsp3) is 0.727. The van der Waals surface area contributed by atoms with Crippen LogP contribution >= 0.6 is 23.5 Å². The molecule has 1 heterocycles. The Morgan fingerprint density at radius 3 is 1.50 bits per heavy atom. The minimum Gasteiger partial charge on any atom is -0.507 e. The minimum atomic E-state index is 0.439. The quantitative estimate of drug-likeness (QED) is 0.0805. The van der Waals surface area contributed by atoms with Gasteiger partial charge in [-0.15, -0.1) is 0 Å². The summed E-state index contributed by atoms with van der Waals surface area (Å²) in [7, 11) is 0. The number of aromatic nitrogens is 3. The van der Waals surface area contributed by atoms with E-state index in [0.29, 0.717) is 23.5 Å². The van der Waals surface area contributed by atoms with Crippen LogP contribution in [0.2, 0.25) is 0 Å². The maximum Gasteiger partial charge on any atom is 0.232 e. The van der Waals surface area contributed by atoms with Crippen LogP contribution < -0.4 is 5.32 Å². The lowest BCUT2D eigenvalue weighted by Crippen LogP contribution is -2.05. The molecule has 2 rings (SSSR count). The molecule has 0 atom stereocenters. The number of hydrogen-bond donors (Lipinski definition) is 2. The zero-order valence-corrected chi connectivity index (χ0v) is 27.9. The summed E-state index contributed by atoms with van der Waals surface area (Å²) >= 11 is 3.49. The first-order valence-electron chi connectivity index (χ1n) is 16.0. The zero-order chi connectivity index (χ0) is 29.2. The summed E-state index contributed by atoms with van der Waals surface area (Å²) in [6, 6.07) is 4.13. The number of rotatable bonds is 22. The molecule has 0 spiro atoms. The van der Waals surface area contributed by atoms with Crippen LogP contribution in [0.15, 0.2) is 22.4 Å². The standard InChI is InChI=1S/C33H56N4OS2/c1-7-9-11-13-15-17-19-39-32-35-31(36-33(37-32)40-20-18-16-14-12-10-8-2)34-29-23-27(21-25(3)4)30(38)28(24-29)22-26(5)6/h23-26,38H,7-22H2,1-6H3,(H,34,35,36,37). The molecule has 0 amide bonds.